The van der Waals surface area contributed by atoms with E-state index >= 15 is 0 Å². The number of alkyl halides is 1. The maximum atomic E-state index is 11.3. The van der Waals surface area contributed by atoms with E-state index in [2.05, 4.69) is 29.5 Å². The molecule has 0 aliphatic rings. The molecule has 0 aliphatic heterocycles. The summed E-state index contributed by atoms with van der Waals surface area (Å²) in [6.07, 6.45) is 23.8. The van der Waals surface area contributed by atoms with Crippen LogP contribution in [0.25, 0.3) is 0 Å². The molecule has 0 saturated heterocycles. The number of halogens is 1. The lowest BCUT2D eigenvalue weighted by atomic mass is 10.0. The predicted molar refractivity (Wildman–Crippen MR) is 133 cm³/mol. The molecule has 0 rings (SSSR count). The Kier molecular flexibility index (Phi) is 24.2. The van der Waals surface area contributed by atoms with E-state index in [-0.39, 0.29) is 11.4 Å². The van der Waals surface area contributed by atoms with Gasteiger partial charge in [0.15, 0.2) is 0 Å². The molecule has 0 amide bonds. The van der Waals surface area contributed by atoms with Gasteiger partial charge < -0.3 is 9.47 Å². The van der Waals surface area contributed by atoms with Crippen LogP contribution in [0.1, 0.15) is 110 Å². The van der Waals surface area contributed by atoms with Crippen molar-refractivity contribution in [1.82, 2.24) is 0 Å². The zero-order chi connectivity index (χ0) is 20.7. The molecule has 1 atom stereocenters. The van der Waals surface area contributed by atoms with E-state index in [4.69, 9.17) is 9.47 Å². The van der Waals surface area contributed by atoms with Crippen molar-refractivity contribution in [2.45, 2.75) is 116 Å². The van der Waals surface area contributed by atoms with Crippen molar-refractivity contribution in [1.29, 1.82) is 0 Å². The first-order valence-corrected chi connectivity index (χ1v) is 14.4. The van der Waals surface area contributed by atoms with Crippen LogP contribution in [0, 0.1) is 0 Å². The Morgan fingerprint density at radius 3 is 1.61 bits per heavy atom. The van der Waals surface area contributed by atoms with Crippen LogP contribution >= 0.6 is 34.4 Å². The Bertz CT molecular complexity index is 329. The molecule has 0 aromatic carbocycles. The summed E-state index contributed by atoms with van der Waals surface area (Å²) in [4.78, 5) is 11.3. The van der Waals surface area contributed by atoms with Gasteiger partial charge in [0.05, 0.1) is 6.61 Å². The van der Waals surface area contributed by atoms with Crippen molar-refractivity contribution < 1.29 is 14.3 Å². The second-order valence-electron chi connectivity index (χ2n) is 7.73. The number of thioether (sulfide) groups is 1. The zero-order valence-electron chi connectivity index (χ0n) is 18.5. The van der Waals surface area contributed by atoms with E-state index in [1.165, 1.54) is 96.3 Å². The molecular formula is C23H45IO3S. The molecule has 0 N–H and O–H groups in total. The molecule has 0 saturated carbocycles. The Hall–Kier alpha value is 0.510. The van der Waals surface area contributed by atoms with Crippen LogP contribution in [0.5, 0.6) is 0 Å². The average Bonchev–Trinajstić information content (AvgIpc) is 2.71. The molecule has 0 bridgehead atoms. The topological polar surface area (TPSA) is 35.5 Å². The third kappa shape index (κ3) is 21.2. The van der Waals surface area contributed by atoms with Crippen LogP contribution < -0.4 is 0 Å². The van der Waals surface area contributed by atoms with E-state index < -0.39 is 0 Å². The molecule has 3 nitrogen and oxygen atoms in total. The largest absolute Gasteiger partial charge is 0.451 e. The first-order valence-electron chi connectivity index (χ1n) is 11.6. The smallest absolute Gasteiger partial charge is 0.367 e. The van der Waals surface area contributed by atoms with Gasteiger partial charge in [-0.05, 0) is 24.4 Å². The van der Waals surface area contributed by atoms with Gasteiger partial charge in [-0.25, -0.2) is 4.79 Å². The van der Waals surface area contributed by atoms with Gasteiger partial charge in [0, 0.05) is 11.0 Å². The zero-order valence-corrected chi connectivity index (χ0v) is 21.5. The highest BCUT2D eigenvalue weighted by Crippen LogP contribution is 2.14. The lowest BCUT2D eigenvalue weighted by molar-refractivity contribution is 0.0407. The van der Waals surface area contributed by atoms with Crippen LogP contribution in [0.2, 0.25) is 0 Å². The normalized spacial score (nSPS) is 12.2. The van der Waals surface area contributed by atoms with Gasteiger partial charge in [-0.2, -0.15) is 0 Å². The van der Waals surface area contributed by atoms with Crippen molar-refractivity contribution in [2.75, 3.05) is 23.9 Å². The van der Waals surface area contributed by atoms with Crippen molar-refractivity contribution in [3.8, 4) is 0 Å². The summed E-state index contributed by atoms with van der Waals surface area (Å²) >= 11 is 3.35. The number of rotatable bonds is 21. The number of carbonyl (C=O) groups excluding carboxylic acids is 1. The molecule has 0 heterocycles. The summed E-state index contributed by atoms with van der Waals surface area (Å²) in [6, 6.07) is 0. The van der Waals surface area contributed by atoms with Crippen molar-refractivity contribution in [3.63, 3.8) is 0 Å². The van der Waals surface area contributed by atoms with Gasteiger partial charge in [-0.15, -0.1) is 0 Å². The summed E-state index contributed by atoms with van der Waals surface area (Å²) in [5.41, 5.74) is 0. The molecule has 168 valence electrons. The van der Waals surface area contributed by atoms with E-state index in [0.29, 0.717) is 6.61 Å². The molecular weight excluding hydrogens is 483 g/mol. The monoisotopic (exact) mass is 528 g/mol. The van der Waals surface area contributed by atoms with E-state index in [1.54, 1.807) is 6.26 Å². The summed E-state index contributed by atoms with van der Waals surface area (Å²) in [6.45, 7) is 3.59. The number of hydrogen-bond acceptors (Lipinski definition) is 4. The summed E-state index contributed by atoms with van der Waals surface area (Å²) < 4.78 is 11.7. The Morgan fingerprint density at radius 2 is 1.21 bits per heavy atom. The Labute approximate surface area is 193 Å². The molecule has 0 fully saturated rings. The third-order valence-corrected chi connectivity index (χ3v) is 6.46. The lowest BCUT2D eigenvalue weighted by Gasteiger charge is -2.14. The van der Waals surface area contributed by atoms with E-state index in [0.717, 1.165) is 29.2 Å². The van der Waals surface area contributed by atoms with Crippen molar-refractivity contribution in [2.24, 2.45) is 0 Å². The molecule has 0 radical (unpaired) electrons. The average molecular weight is 529 g/mol. The highest BCUT2D eigenvalue weighted by molar-refractivity contribution is 14.1. The first-order chi connectivity index (χ1) is 13.7. The van der Waals surface area contributed by atoms with Gasteiger partial charge in [0.25, 0.3) is 0 Å². The number of hydrogen-bond donors (Lipinski definition) is 0. The number of carbonyl (C=O) groups is 1. The fourth-order valence-electron chi connectivity index (χ4n) is 3.26. The second kappa shape index (κ2) is 23.8. The van der Waals surface area contributed by atoms with Gasteiger partial charge >= 0.3 is 5.30 Å². The molecule has 0 aliphatic carbocycles. The Balaban J connectivity index is 3.18. The van der Waals surface area contributed by atoms with Crippen LogP contribution in [-0.4, -0.2) is 35.3 Å². The number of unbranched alkanes of at least 4 members (excludes halogenated alkanes) is 15. The lowest BCUT2D eigenvalue weighted by Crippen LogP contribution is -2.23. The van der Waals surface area contributed by atoms with Crippen molar-refractivity contribution in [3.05, 3.63) is 0 Å². The molecule has 1 unspecified atom stereocenters. The van der Waals surface area contributed by atoms with Gasteiger partial charge in [-0.3, -0.25) is 0 Å². The van der Waals surface area contributed by atoms with E-state index in [1.807, 2.05) is 0 Å². The summed E-state index contributed by atoms with van der Waals surface area (Å²) in [5, 5.41) is -0.215. The van der Waals surface area contributed by atoms with Crippen LogP contribution in [0.15, 0.2) is 0 Å². The quantitative estimate of drug-likeness (QED) is 0.0647. The predicted octanol–water partition coefficient (Wildman–Crippen LogP) is 8.57. The van der Waals surface area contributed by atoms with Crippen molar-refractivity contribution >= 4 is 39.7 Å². The Morgan fingerprint density at radius 1 is 0.786 bits per heavy atom. The SMILES string of the molecule is CCCCCCCCCCCCCCCCCCOCC(CI)OC(=O)SC. The van der Waals surface area contributed by atoms with Gasteiger partial charge in [0.2, 0.25) is 0 Å². The highest BCUT2D eigenvalue weighted by Gasteiger charge is 2.12. The third-order valence-electron chi connectivity index (χ3n) is 5.05. The maximum Gasteiger partial charge on any atom is 0.367 e. The minimum Gasteiger partial charge on any atom is -0.451 e. The molecule has 0 aromatic rings. The molecule has 28 heavy (non-hydrogen) atoms. The van der Waals surface area contributed by atoms with E-state index in [9.17, 15) is 4.79 Å². The molecule has 0 spiro atoms. The van der Waals surface area contributed by atoms with Gasteiger partial charge in [-0.1, -0.05) is 126 Å². The fourth-order valence-corrected chi connectivity index (χ4v) is 3.93. The van der Waals surface area contributed by atoms with Crippen LogP contribution in [0.4, 0.5) is 4.79 Å². The number of ether oxygens (including phenoxy) is 2. The van der Waals surface area contributed by atoms with Crippen LogP contribution in [0.3, 0.4) is 0 Å². The fraction of sp³-hybridized carbons (Fsp3) is 0.957. The molecule has 0 aromatic heterocycles. The second-order valence-corrected chi connectivity index (χ2v) is 9.35. The summed E-state index contributed by atoms with van der Waals surface area (Å²) in [7, 11) is 0. The maximum absolute atomic E-state index is 11.3. The highest BCUT2D eigenvalue weighted by atomic mass is 127. The standard InChI is InChI=1S/C23H45IO3S/c1-3-4-5-6-7-8-9-10-11-12-13-14-15-16-17-18-19-26-21-22(20-24)27-23(25)28-2/h22H,3-21H2,1-2H3. The minimum absolute atomic E-state index is 0.110. The summed E-state index contributed by atoms with van der Waals surface area (Å²) in [5.74, 6) is 0. The minimum atomic E-state index is -0.215. The van der Waals surface area contributed by atoms with Crippen LogP contribution in [-0.2, 0) is 9.47 Å². The van der Waals surface area contributed by atoms with Gasteiger partial charge in [0.1, 0.15) is 6.10 Å². The first kappa shape index (κ1) is 28.5. The molecule has 5 heteroatoms.